The number of halogens is 1. The SMILES string of the molecule is CCNC(=O)[C@@H](Cc1ccccc1)N(Cc1ccccc1F)C(=O)CN(c1ccc(Oc2ccccc2)cc1)S(=O)(=O)c1ccc(C)cc1. The van der Waals surface area contributed by atoms with Gasteiger partial charge in [0, 0.05) is 25.1 Å². The van der Waals surface area contributed by atoms with Gasteiger partial charge in [-0.15, -0.1) is 0 Å². The van der Waals surface area contributed by atoms with Crippen molar-refractivity contribution in [1.82, 2.24) is 10.2 Å². The van der Waals surface area contributed by atoms with E-state index in [1.54, 1.807) is 67.6 Å². The lowest BCUT2D eigenvalue weighted by Gasteiger charge is -2.34. The highest BCUT2D eigenvalue weighted by Gasteiger charge is 2.35. The number of anilines is 1. The quantitative estimate of drug-likeness (QED) is 0.138. The van der Waals surface area contributed by atoms with Gasteiger partial charge in [0.15, 0.2) is 0 Å². The first-order chi connectivity index (χ1) is 23.7. The summed E-state index contributed by atoms with van der Waals surface area (Å²) in [4.78, 5) is 29.4. The number of nitrogens with one attached hydrogen (secondary N) is 1. The fourth-order valence-electron chi connectivity index (χ4n) is 5.33. The number of nitrogens with zero attached hydrogens (tertiary/aromatic N) is 2. The number of aryl methyl sites for hydroxylation is 1. The molecule has 2 amide bonds. The van der Waals surface area contributed by atoms with Crippen molar-refractivity contribution in [2.45, 2.75) is 37.8 Å². The molecule has 0 unspecified atom stereocenters. The second-order valence-corrected chi connectivity index (χ2v) is 13.3. The van der Waals surface area contributed by atoms with E-state index >= 15 is 4.39 Å². The molecule has 8 nitrogen and oxygen atoms in total. The standard InChI is InChI=1S/C39H38FN3O5S/c1-3-41-39(45)37(26-30-12-6-4-7-13-30)42(27-31-14-10-11-17-36(31)40)38(44)28-43(49(46,47)35-24-18-29(2)19-25-35)32-20-22-34(23-21-32)48-33-15-8-5-9-16-33/h4-25,37H,3,26-28H2,1-2H3,(H,41,45)/t37-/m1/s1. The molecule has 0 saturated heterocycles. The van der Waals surface area contributed by atoms with Gasteiger partial charge in [-0.25, -0.2) is 12.8 Å². The van der Waals surface area contributed by atoms with Crippen LogP contribution in [0, 0.1) is 12.7 Å². The van der Waals surface area contributed by atoms with Crippen LogP contribution in [0.25, 0.3) is 0 Å². The molecule has 5 rings (SSSR count). The number of para-hydroxylation sites is 1. The van der Waals surface area contributed by atoms with Crippen LogP contribution in [0.1, 0.15) is 23.6 Å². The van der Waals surface area contributed by atoms with Gasteiger partial charge in [-0.3, -0.25) is 13.9 Å². The smallest absolute Gasteiger partial charge is 0.264 e. The lowest BCUT2D eigenvalue weighted by molar-refractivity contribution is -0.140. The minimum atomic E-state index is -4.30. The highest BCUT2D eigenvalue weighted by molar-refractivity contribution is 7.92. The Hall–Kier alpha value is -5.48. The van der Waals surface area contributed by atoms with Crippen molar-refractivity contribution in [2.24, 2.45) is 0 Å². The summed E-state index contributed by atoms with van der Waals surface area (Å²) < 4.78 is 50.5. The first-order valence-electron chi connectivity index (χ1n) is 15.9. The largest absolute Gasteiger partial charge is 0.457 e. The number of ether oxygens (including phenoxy) is 1. The average molecular weight is 680 g/mol. The molecular weight excluding hydrogens is 642 g/mol. The summed E-state index contributed by atoms with van der Waals surface area (Å²) >= 11 is 0. The van der Waals surface area contributed by atoms with Gasteiger partial charge in [-0.2, -0.15) is 0 Å². The van der Waals surface area contributed by atoms with Crippen LogP contribution < -0.4 is 14.4 Å². The number of rotatable bonds is 14. The third kappa shape index (κ3) is 8.91. The van der Waals surface area contributed by atoms with Crippen molar-refractivity contribution in [3.05, 3.63) is 156 Å². The van der Waals surface area contributed by atoms with Gasteiger partial charge in [-0.05, 0) is 74.0 Å². The Morgan fingerprint density at radius 1 is 0.776 bits per heavy atom. The summed E-state index contributed by atoms with van der Waals surface area (Å²) in [6.45, 7) is 2.99. The van der Waals surface area contributed by atoms with Crippen LogP contribution in [0.4, 0.5) is 10.1 Å². The molecular formula is C39H38FN3O5S. The van der Waals surface area contributed by atoms with Crippen molar-refractivity contribution in [1.29, 1.82) is 0 Å². The van der Waals surface area contributed by atoms with Crippen LogP contribution in [0.2, 0.25) is 0 Å². The molecule has 0 radical (unpaired) electrons. The van der Waals surface area contributed by atoms with Crippen molar-refractivity contribution >= 4 is 27.5 Å². The lowest BCUT2D eigenvalue weighted by Crippen LogP contribution is -2.53. The molecule has 0 aromatic heterocycles. The second-order valence-electron chi connectivity index (χ2n) is 11.4. The Balaban J connectivity index is 1.56. The summed E-state index contributed by atoms with van der Waals surface area (Å²) in [6.07, 6.45) is 0.128. The number of amides is 2. The highest BCUT2D eigenvalue weighted by atomic mass is 32.2. The van der Waals surface area contributed by atoms with E-state index in [0.717, 1.165) is 15.4 Å². The molecule has 252 valence electrons. The topological polar surface area (TPSA) is 96.0 Å². The second kappa shape index (κ2) is 16.1. The Morgan fingerprint density at radius 2 is 1.37 bits per heavy atom. The maximum Gasteiger partial charge on any atom is 0.264 e. The van der Waals surface area contributed by atoms with Crippen LogP contribution in [-0.2, 0) is 32.6 Å². The van der Waals surface area contributed by atoms with Crippen LogP contribution in [0.5, 0.6) is 11.5 Å². The predicted molar refractivity (Wildman–Crippen MR) is 188 cm³/mol. The van der Waals surface area contributed by atoms with Crippen LogP contribution in [-0.4, -0.2) is 44.3 Å². The molecule has 1 N–H and O–H groups in total. The lowest BCUT2D eigenvalue weighted by atomic mass is 10.0. The monoisotopic (exact) mass is 679 g/mol. The van der Waals surface area contributed by atoms with Crippen LogP contribution in [0.3, 0.4) is 0 Å². The van der Waals surface area contributed by atoms with Crippen molar-refractivity contribution < 1.29 is 27.1 Å². The minimum absolute atomic E-state index is 0.0132. The van der Waals surface area contributed by atoms with Crippen molar-refractivity contribution in [3.8, 4) is 11.5 Å². The molecule has 0 saturated carbocycles. The normalized spacial score (nSPS) is 11.7. The first-order valence-corrected chi connectivity index (χ1v) is 17.4. The van der Waals surface area contributed by atoms with E-state index in [9.17, 15) is 18.0 Å². The number of hydrogen-bond acceptors (Lipinski definition) is 5. The molecule has 5 aromatic rings. The first kappa shape index (κ1) is 34.8. The Labute approximate surface area is 286 Å². The molecule has 0 fully saturated rings. The molecule has 10 heteroatoms. The Kier molecular flexibility index (Phi) is 11.4. The summed E-state index contributed by atoms with van der Waals surface area (Å²) in [6, 6.07) is 35.9. The third-order valence-corrected chi connectivity index (χ3v) is 9.70. The zero-order chi connectivity index (χ0) is 34.8. The van der Waals surface area contributed by atoms with E-state index in [0.29, 0.717) is 18.0 Å². The van der Waals surface area contributed by atoms with E-state index in [1.807, 2.05) is 55.5 Å². The predicted octanol–water partition coefficient (Wildman–Crippen LogP) is 6.90. The van der Waals surface area contributed by atoms with Gasteiger partial charge >= 0.3 is 0 Å². The number of likely N-dealkylation sites (N-methyl/N-ethyl adjacent to an activating group) is 1. The maximum absolute atomic E-state index is 15.1. The fraction of sp³-hybridized carbons (Fsp3) is 0.179. The molecule has 49 heavy (non-hydrogen) atoms. The number of hydrogen-bond donors (Lipinski definition) is 1. The van der Waals surface area contributed by atoms with Gasteiger partial charge in [0.05, 0.1) is 10.6 Å². The number of benzene rings is 5. The van der Waals surface area contributed by atoms with Gasteiger partial charge in [0.25, 0.3) is 10.0 Å². The summed E-state index contributed by atoms with van der Waals surface area (Å²) in [5.41, 5.74) is 2.04. The van der Waals surface area contributed by atoms with E-state index in [2.05, 4.69) is 5.32 Å². The van der Waals surface area contributed by atoms with Gasteiger partial charge in [-0.1, -0.05) is 84.4 Å². The van der Waals surface area contributed by atoms with E-state index < -0.39 is 40.2 Å². The summed E-state index contributed by atoms with van der Waals surface area (Å²) in [7, 11) is -4.30. The zero-order valence-electron chi connectivity index (χ0n) is 27.3. The highest BCUT2D eigenvalue weighted by Crippen LogP contribution is 2.29. The number of carbonyl (C=O) groups is 2. The van der Waals surface area contributed by atoms with Crippen molar-refractivity contribution in [2.75, 3.05) is 17.4 Å². The third-order valence-electron chi connectivity index (χ3n) is 7.91. The fourth-order valence-corrected chi connectivity index (χ4v) is 6.74. The van der Waals surface area contributed by atoms with E-state index in [-0.39, 0.29) is 29.1 Å². The number of carbonyl (C=O) groups excluding carboxylic acids is 2. The van der Waals surface area contributed by atoms with E-state index in [1.165, 1.54) is 29.2 Å². The molecule has 5 aromatic carbocycles. The Bertz CT molecular complexity index is 1960. The molecule has 1 atom stereocenters. The number of sulfonamides is 1. The van der Waals surface area contributed by atoms with Gasteiger partial charge < -0.3 is 15.0 Å². The molecule has 0 heterocycles. The molecule has 0 aliphatic rings. The summed E-state index contributed by atoms with van der Waals surface area (Å²) in [5.74, 6) is -0.600. The molecule has 0 bridgehead atoms. The van der Waals surface area contributed by atoms with Gasteiger partial charge in [0.1, 0.15) is 29.9 Å². The van der Waals surface area contributed by atoms with Crippen LogP contribution in [0.15, 0.2) is 138 Å². The van der Waals surface area contributed by atoms with Crippen molar-refractivity contribution in [3.63, 3.8) is 0 Å². The molecule has 0 aliphatic heterocycles. The minimum Gasteiger partial charge on any atom is -0.457 e. The summed E-state index contributed by atoms with van der Waals surface area (Å²) in [5, 5.41) is 2.80. The van der Waals surface area contributed by atoms with Gasteiger partial charge in [0.2, 0.25) is 11.8 Å². The van der Waals surface area contributed by atoms with Crippen LogP contribution >= 0.6 is 0 Å². The van der Waals surface area contributed by atoms with E-state index in [4.69, 9.17) is 4.74 Å². The average Bonchev–Trinajstić information content (AvgIpc) is 3.11. The zero-order valence-corrected chi connectivity index (χ0v) is 28.1. The Morgan fingerprint density at radius 3 is 2.00 bits per heavy atom. The molecule has 0 aliphatic carbocycles. The molecule has 0 spiro atoms. The maximum atomic E-state index is 15.1.